The van der Waals surface area contributed by atoms with Gasteiger partial charge in [0.05, 0.1) is 49.8 Å². The van der Waals surface area contributed by atoms with Crippen molar-refractivity contribution in [1.29, 1.82) is 0 Å². The van der Waals surface area contributed by atoms with Gasteiger partial charge in [-0.2, -0.15) is 18.3 Å². The summed E-state index contributed by atoms with van der Waals surface area (Å²) in [6.45, 7) is 3.76. The Hall–Kier alpha value is -3.82. The summed E-state index contributed by atoms with van der Waals surface area (Å²) in [6.07, 6.45) is -0.0370. The third-order valence-electron chi connectivity index (χ3n) is 5.53. The number of aromatic nitrogens is 4. The number of ether oxygens (including phenoxy) is 2. The van der Waals surface area contributed by atoms with E-state index in [-0.39, 0.29) is 12.6 Å². The van der Waals surface area contributed by atoms with Crippen LogP contribution in [0.3, 0.4) is 0 Å². The summed E-state index contributed by atoms with van der Waals surface area (Å²) in [7, 11) is 2.99. The zero-order valence-electron chi connectivity index (χ0n) is 19.9. The second kappa shape index (κ2) is 9.81. The van der Waals surface area contributed by atoms with Gasteiger partial charge in [0.1, 0.15) is 11.5 Å². The molecule has 0 aliphatic rings. The largest absolute Gasteiger partial charge is 0.497 e. The van der Waals surface area contributed by atoms with E-state index in [9.17, 15) is 13.2 Å². The van der Waals surface area contributed by atoms with Crippen LogP contribution in [0.15, 0.2) is 55.0 Å². The summed E-state index contributed by atoms with van der Waals surface area (Å²) < 4.78 is 52.0. The highest BCUT2D eigenvalue weighted by Gasteiger charge is 2.28. The third-order valence-corrected chi connectivity index (χ3v) is 5.53. The number of fused-ring (bicyclic) bond motifs is 1. The SMILES string of the molecule is COc1cc(OC)cc(N(CCC(F)(F)F)c2ccc3ncc(-c4cnn(C(C)C)c4)nc3c2)c1. The Bertz CT molecular complexity index is 1300. The van der Waals surface area contributed by atoms with Crippen LogP contribution in [-0.2, 0) is 0 Å². The molecule has 2 aromatic carbocycles. The number of benzene rings is 2. The van der Waals surface area contributed by atoms with Gasteiger partial charge < -0.3 is 14.4 Å². The highest BCUT2D eigenvalue weighted by molar-refractivity contribution is 5.82. The minimum absolute atomic E-state index is 0.200. The quantitative estimate of drug-likeness (QED) is 0.297. The maximum absolute atomic E-state index is 13.2. The lowest BCUT2D eigenvalue weighted by molar-refractivity contribution is -0.132. The Kier molecular flexibility index (Phi) is 6.81. The van der Waals surface area contributed by atoms with E-state index >= 15 is 0 Å². The molecule has 0 amide bonds. The standard InChI is InChI=1S/C25H26F3N5O2/c1-16(2)33-15-17(13-30-33)24-14-29-22-6-5-18(11-23(22)31-24)32(8-7-25(26,27)28)19-9-20(34-3)12-21(10-19)35-4/h5-6,9-16H,7-8H2,1-4H3. The van der Waals surface area contributed by atoms with Crippen molar-refractivity contribution in [2.45, 2.75) is 32.5 Å². The van der Waals surface area contributed by atoms with Gasteiger partial charge in [-0.25, -0.2) is 4.98 Å². The fourth-order valence-electron chi connectivity index (χ4n) is 3.65. The van der Waals surface area contributed by atoms with Gasteiger partial charge in [-0.1, -0.05) is 0 Å². The number of hydrogen-bond acceptors (Lipinski definition) is 6. The molecule has 2 aromatic heterocycles. The summed E-state index contributed by atoms with van der Waals surface area (Å²) in [4.78, 5) is 10.8. The molecule has 0 radical (unpaired) electrons. The van der Waals surface area contributed by atoms with Gasteiger partial charge in [0.2, 0.25) is 0 Å². The van der Waals surface area contributed by atoms with Gasteiger partial charge in [0.15, 0.2) is 0 Å². The van der Waals surface area contributed by atoms with Crippen LogP contribution in [0.5, 0.6) is 11.5 Å². The molecule has 35 heavy (non-hydrogen) atoms. The lowest BCUT2D eigenvalue weighted by atomic mass is 10.1. The maximum atomic E-state index is 13.2. The Morgan fingerprint density at radius 3 is 2.26 bits per heavy atom. The summed E-state index contributed by atoms with van der Waals surface area (Å²) in [5.74, 6) is 0.947. The number of halogens is 3. The van der Waals surface area contributed by atoms with Crippen molar-refractivity contribution in [3.05, 3.63) is 55.0 Å². The van der Waals surface area contributed by atoms with Crippen LogP contribution in [0.2, 0.25) is 0 Å². The van der Waals surface area contributed by atoms with Crippen LogP contribution in [0.1, 0.15) is 26.3 Å². The van der Waals surface area contributed by atoms with E-state index in [2.05, 4.69) is 10.1 Å². The average molecular weight is 486 g/mol. The molecule has 0 spiro atoms. The maximum Gasteiger partial charge on any atom is 0.390 e. The summed E-state index contributed by atoms with van der Waals surface area (Å²) in [6, 6.07) is 10.4. The van der Waals surface area contributed by atoms with Crippen molar-refractivity contribution in [3.8, 4) is 22.8 Å². The minimum Gasteiger partial charge on any atom is -0.497 e. The van der Waals surface area contributed by atoms with Gasteiger partial charge in [-0.3, -0.25) is 9.67 Å². The van der Waals surface area contributed by atoms with Crippen molar-refractivity contribution >= 4 is 22.4 Å². The molecule has 2 heterocycles. The van der Waals surface area contributed by atoms with Crippen LogP contribution in [0.4, 0.5) is 24.5 Å². The van der Waals surface area contributed by atoms with E-state index in [4.69, 9.17) is 14.5 Å². The van der Waals surface area contributed by atoms with E-state index in [1.807, 2.05) is 24.7 Å². The molecule has 7 nitrogen and oxygen atoms in total. The van der Waals surface area contributed by atoms with Crippen LogP contribution in [0.25, 0.3) is 22.3 Å². The van der Waals surface area contributed by atoms with Crippen LogP contribution >= 0.6 is 0 Å². The molecule has 4 aromatic rings. The molecule has 0 saturated carbocycles. The minimum atomic E-state index is -4.32. The first kappa shape index (κ1) is 24.3. The van der Waals surface area contributed by atoms with Crippen LogP contribution < -0.4 is 14.4 Å². The van der Waals surface area contributed by atoms with Crippen molar-refractivity contribution in [1.82, 2.24) is 19.7 Å². The van der Waals surface area contributed by atoms with Crippen LogP contribution in [-0.4, -0.2) is 46.7 Å². The molecular formula is C25H26F3N5O2. The second-order valence-electron chi connectivity index (χ2n) is 8.32. The zero-order chi connectivity index (χ0) is 25.2. The molecule has 184 valence electrons. The molecule has 0 fully saturated rings. The van der Waals surface area contributed by atoms with Gasteiger partial charge >= 0.3 is 6.18 Å². The first-order valence-corrected chi connectivity index (χ1v) is 11.1. The van der Waals surface area contributed by atoms with Crippen molar-refractivity contribution in [3.63, 3.8) is 0 Å². The second-order valence-corrected chi connectivity index (χ2v) is 8.32. The number of rotatable bonds is 8. The predicted octanol–water partition coefficient (Wildman–Crippen LogP) is 6.18. The number of alkyl halides is 3. The molecule has 0 N–H and O–H groups in total. The van der Waals surface area contributed by atoms with Crippen molar-refractivity contribution in [2.24, 2.45) is 0 Å². The molecule has 0 unspecified atom stereocenters. The van der Waals surface area contributed by atoms with Crippen LogP contribution in [0, 0.1) is 0 Å². The normalized spacial score (nSPS) is 11.8. The van der Waals surface area contributed by atoms with E-state index in [1.165, 1.54) is 14.2 Å². The summed E-state index contributed by atoms with van der Waals surface area (Å²) >= 11 is 0. The third kappa shape index (κ3) is 5.64. The smallest absolute Gasteiger partial charge is 0.390 e. The molecule has 0 aliphatic heterocycles. The lowest BCUT2D eigenvalue weighted by Gasteiger charge is -2.26. The first-order valence-electron chi connectivity index (χ1n) is 11.1. The molecule has 0 aliphatic carbocycles. The topological polar surface area (TPSA) is 65.3 Å². The monoisotopic (exact) mass is 485 g/mol. The fourth-order valence-corrected chi connectivity index (χ4v) is 3.65. The first-order chi connectivity index (χ1) is 16.7. The Morgan fingerprint density at radius 1 is 0.943 bits per heavy atom. The summed E-state index contributed by atoms with van der Waals surface area (Å²) in [5.41, 5.74) is 3.68. The number of nitrogens with zero attached hydrogens (tertiary/aromatic N) is 5. The van der Waals surface area contributed by atoms with Gasteiger partial charge in [-0.05, 0) is 32.0 Å². The fraction of sp³-hybridized carbons (Fsp3) is 0.320. The Labute approximate surface area is 201 Å². The highest BCUT2D eigenvalue weighted by atomic mass is 19.4. The van der Waals surface area contributed by atoms with Crippen molar-refractivity contribution in [2.75, 3.05) is 25.7 Å². The molecule has 0 bridgehead atoms. The van der Waals surface area contributed by atoms with E-state index < -0.39 is 12.6 Å². The molecule has 0 atom stereocenters. The van der Waals surface area contributed by atoms with Crippen molar-refractivity contribution < 1.29 is 22.6 Å². The summed E-state index contributed by atoms with van der Waals surface area (Å²) in [5, 5.41) is 4.35. The number of methoxy groups -OCH3 is 2. The van der Waals surface area contributed by atoms with E-state index in [1.54, 1.807) is 53.7 Å². The highest BCUT2D eigenvalue weighted by Crippen LogP contribution is 2.35. The molecule has 4 rings (SSSR count). The Balaban J connectivity index is 1.77. The van der Waals surface area contributed by atoms with Gasteiger partial charge in [0.25, 0.3) is 0 Å². The van der Waals surface area contributed by atoms with E-state index in [0.717, 1.165) is 5.56 Å². The number of anilines is 2. The van der Waals surface area contributed by atoms with Gasteiger partial charge in [0, 0.05) is 53.9 Å². The van der Waals surface area contributed by atoms with Gasteiger partial charge in [-0.15, -0.1) is 0 Å². The zero-order valence-corrected chi connectivity index (χ0v) is 19.9. The lowest BCUT2D eigenvalue weighted by Crippen LogP contribution is -2.24. The predicted molar refractivity (Wildman–Crippen MR) is 128 cm³/mol. The molecule has 0 saturated heterocycles. The molecular weight excluding hydrogens is 459 g/mol. The average Bonchev–Trinajstić information content (AvgIpc) is 3.33. The number of hydrogen-bond donors (Lipinski definition) is 0. The Morgan fingerprint density at radius 2 is 1.66 bits per heavy atom. The van der Waals surface area contributed by atoms with E-state index in [0.29, 0.717) is 39.6 Å². The molecule has 10 heteroatoms.